The van der Waals surface area contributed by atoms with E-state index >= 15 is 0 Å². The second kappa shape index (κ2) is 8.94. The maximum Gasteiger partial charge on any atom is 0.253 e. The molecule has 0 saturated carbocycles. The molecular weight excluding hydrogens is 414 g/mol. The summed E-state index contributed by atoms with van der Waals surface area (Å²) in [5, 5.41) is 3.57. The summed E-state index contributed by atoms with van der Waals surface area (Å²) < 4.78 is 5.69. The highest BCUT2D eigenvalue weighted by atomic mass is 35.5. The van der Waals surface area contributed by atoms with Gasteiger partial charge in [0.25, 0.3) is 5.91 Å². The molecule has 1 fully saturated rings. The molecule has 0 radical (unpaired) electrons. The number of rotatable bonds is 4. The molecule has 1 unspecified atom stereocenters. The lowest BCUT2D eigenvalue weighted by atomic mass is 9.96. The molecule has 31 heavy (non-hydrogen) atoms. The van der Waals surface area contributed by atoms with Crippen molar-refractivity contribution in [2.45, 2.75) is 26.7 Å². The molecule has 160 valence electrons. The summed E-state index contributed by atoms with van der Waals surface area (Å²) in [6.45, 7) is 4.81. The number of piperidine rings is 1. The molecule has 1 aliphatic rings. The van der Waals surface area contributed by atoms with Gasteiger partial charge in [-0.2, -0.15) is 0 Å². The van der Waals surface area contributed by atoms with Crippen LogP contribution in [0.15, 0.2) is 52.9 Å². The molecule has 0 spiro atoms. The van der Waals surface area contributed by atoms with Crippen LogP contribution in [0, 0.1) is 19.8 Å². The largest absolute Gasteiger partial charge is 0.441 e. The molecule has 0 aliphatic carbocycles. The van der Waals surface area contributed by atoms with E-state index in [1.165, 1.54) is 0 Å². The first-order valence-corrected chi connectivity index (χ1v) is 10.7. The number of aromatic nitrogens is 1. The molecule has 1 N–H and O–H groups in total. The molecule has 2 heterocycles. The summed E-state index contributed by atoms with van der Waals surface area (Å²) in [7, 11) is 0. The number of carbonyl (C=O) groups is 2. The van der Waals surface area contributed by atoms with E-state index in [1.54, 1.807) is 29.2 Å². The van der Waals surface area contributed by atoms with Crippen molar-refractivity contribution in [3.8, 4) is 11.5 Å². The van der Waals surface area contributed by atoms with Crippen LogP contribution < -0.4 is 5.32 Å². The summed E-state index contributed by atoms with van der Waals surface area (Å²) in [6, 6.07) is 14.3. The van der Waals surface area contributed by atoms with Crippen LogP contribution in [-0.2, 0) is 4.79 Å². The quantitative estimate of drug-likeness (QED) is 0.615. The number of hydrogen-bond acceptors (Lipinski definition) is 4. The van der Waals surface area contributed by atoms with Crippen molar-refractivity contribution in [3.05, 3.63) is 70.6 Å². The standard InChI is InChI=1S/C24H24ClN3O3/c1-15-16(2)31-23(26-15)18-5-3-7-21(13-18)27-22(29)19-6-4-12-28(14-19)24(30)17-8-10-20(25)11-9-17/h3,5,7-11,13,19H,4,6,12,14H2,1-2H3,(H,27,29). The van der Waals surface area contributed by atoms with Gasteiger partial charge in [-0.25, -0.2) is 4.98 Å². The minimum Gasteiger partial charge on any atom is -0.441 e. The van der Waals surface area contributed by atoms with Crippen LogP contribution in [0.3, 0.4) is 0 Å². The second-order valence-corrected chi connectivity index (χ2v) is 8.26. The predicted octanol–water partition coefficient (Wildman–Crippen LogP) is 5.10. The van der Waals surface area contributed by atoms with E-state index < -0.39 is 0 Å². The number of hydrogen-bond donors (Lipinski definition) is 1. The van der Waals surface area contributed by atoms with Crippen molar-refractivity contribution in [1.29, 1.82) is 0 Å². The number of benzene rings is 2. The molecule has 1 saturated heterocycles. The fourth-order valence-electron chi connectivity index (χ4n) is 3.72. The minimum atomic E-state index is -0.264. The van der Waals surface area contributed by atoms with Crippen molar-refractivity contribution in [1.82, 2.24) is 9.88 Å². The van der Waals surface area contributed by atoms with Gasteiger partial charge in [0.05, 0.1) is 11.6 Å². The van der Waals surface area contributed by atoms with E-state index in [4.69, 9.17) is 16.0 Å². The first-order chi connectivity index (χ1) is 14.9. The lowest BCUT2D eigenvalue weighted by molar-refractivity contribution is -0.121. The lowest BCUT2D eigenvalue weighted by Crippen LogP contribution is -2.43. The van der Waals surface area contributed by atoms with E-state index in [0.29, 0.717) is 35.3 Å². The van der Waals surface area contributed by atoms with Crippen molar-refractivity contribution < 1.29 is 14.0 Å². The van der Waals surface area contributed by atoms with Crippen LogP contribution in [0.1, 0.15) is 34.7 Å². The van der Waals surface area contributed by atoms with E-state index in [2.05, 4.69) is 10.3 Å². The number of carbonyl (C=O) groups excluding carboxylic acids is 2. The van der Waals surface area contributed by atoms with E-state index in [0.717, 1.165) is 29.9 Å². The zero-order valence-corrected chi connectivity index (χ0v) is 18.3. The molecule has 3 aromatic rings. The fourth-order valence-corrected chi connectivity index (χ4v) is 3.85. The van der Waals surface area contributed by atoms with Gasteiger partial charge >= 0.3 is 0 Å². The average molecular weight is 438 g/mol. The molecule has 6 nitrogen and oxygen atoms in total. The van der Waals surface area contributed by atoms with Gasteiger partial charge in [0.1, 0.15) is 5.76 Å². The van der Waals surface area contributed by atoms with Crippen LogP contribution in [0.2, 0.25) is 5.02 Å². The molecule has 4 rings (SSSR count). The van der Waals surface area contributed by atoms with Crippen LogP contribution in [0.4, 0.5) is 5.69 Å². The maximum atomic E-state index is 12.9. The number of halogens is 1. The zero-order chi connectivity index (χ0) is 22.0. The average Bonchev–Trinajstić information content (AvgIpc) is 3.12. The van der Waals surface area contributed by atoms with Gasteiger partial charge in [0, 0.05) is 34.9 Å². The molecule has 1 atom stereocenters. The van der Waals surface area contributed by atoms with Crippen molar-refractivity contribution >= 4 is 29.1 Å². The Hall–Kier alpha value is -3.12. The number of nitrogens with zero attached hydrogens (tertiary/aromatic N) is 2. The molecule has 1 aromatic heterocycles. The van der Waals surface area contributed by atoms with Crippen molar-refractivity contribution in [2.75, 3.05) is 18.4 Å². The number of anilines is 1. The summed E-state index contributed by atoms with van der Waals surface area (Å²) >= 11 is 5.92. The highest BCUT2D eigenvalue weighted by Crippen LogP contribution is 2.25. The van der Waals surface area contributed by atoms with Crippen LogP contribution >= 0.6 is 11.6 Å². The minimum absolute atomic E-state index is 0.0780. The second-order valence-electron chi connectivity index (χ2n) is 7.83. The number of aryl methyl sites for hydroxylation is 2. The third-order valence-corrected chi connectivity index (χ3v) is 5.83. The van der Waals surface area contributed by atoms with Crippen LogP contribution in [-0.4, -0.2) is 34.8 Å². The summed E-state index contributed by atoms with van der Waals surface area (Å²) in [5.41, 5.74) is 2.90. The fraction of sp³-hybridized carbons (Fsp3) is 0.292. The Morgan fingerprint density at radius 1 is 1.16 bits per heavy atom. The highest BCUT2D eigenvalue weighted by molar-refractivity contribution is 6.30. The number of likely N-dealkylation sites (tertiary alicyclic amines) is 1. The first kappa shape index (κ1) is 21.1. The monoisotopic (exact) mass is 437 g/mol. The van der Waals surface area contributed by atoms with Crippen LogP contribution in [0.25, 0.3) is 11.5 Å². The summed E-state index contributed by atoms with van der Waals surface area (Å²) in [5.74, 6) is 0.872. The first-order valence-electron chi connectivity index (χ1n) is 10.3. The zero-order valence-electron chi connectivity index (χ0n) is 17.5. The number of oxazole rings is 1. The molecular formula is C24H24ClN3O3. The Balaban J connectivity index is 1.43. The van der Waals surface area contributed by atoms with Gasteiger partial charge in [-0.15, -0.1) is 0 Å². The van der Waals surface area contributed by atoms with Gasteiger partial charge in [-0.1, -0.05) is 17.7 Å². The third-order valence-electron chi connectivity index (χ3n) is 5.58. The van der Waals surface area contributed by atoms with Crippen LogP contribution in [0.5, 0.6) is 0 Å². The van der Waals surface area contributed by atoms with Gasteiger partial charge in [0.2, 0.25) is 11.8 Å². The lowest BCUT2D eigenvalue weighted by Gasteiger charge is -2.32. The Bertz CT molecular complexity index is 1090. The molecule has 2 aromatic carbocycles. The van der Waals surface area contributed by atoms with Gasteiger partial charge < -0.3 is 14.6 Å². The Morgan fingerprint density at radius 2 is 1.94 bits per heavy atom. The predicted molar refractivity (Wildman–Crippen MR) is 120 cm³/mol. The number of amides is 2. The van der Waals surface area contributed by atoms with E-state index in [9.17, 15) is 9.59 Å². The summed E-state index contributed by atoms with van der Waals surface area (Å²) in [6.07, 6.45) is 1.53. The molecule has 0 bridgehead atoms. The van der Waals surface area contributed by atoms with Gasteiger partial charge in [-0.05, 0) is 69.2 Å². The molecule has 2 amide bonds. The maximum absolute atomic E-state index is 12.9. The van der Waals surface area contributed by atoms with Gasteiger partial charge in [-0.3, -0.25) is 9.59 Å². The van der Waals surface area contributed by atoms with Crippen molar-refractivity contribution in [3.63, 3.8) is 0 Å². The Labute approximate surface area is 186 Å². The highest BCUT2D eigenvalue weighted by Gasteiger charge is 2.29. The smallest absolute Gasteiger partial charge is 0.253 e. The topological polar surface area (TPSA) is 75.4 Å². The van der Waals surface area contributed by atoms with Crippen molar-refractivity contribution in [2.24, 2.45) is 5.92 Å². The van der Waals surface area contributed by atoms with E-state index in [-0.39, 0.29) is 17.7 Å². The normalized spacial score (nSPS) is 16.2. The van der Waals surface area contributed by atoms with Gasteiger partial charge in [0.15, 0.2) is 0 Å². The summed E-state index contributed by atoms with van der Waals surface area (Å²) in [4.78, 5) is 31.9. The molecule has 1 aliphatic heterocycles. The molecule has 7 heteroatoms. The SMILES string of the molecule is Cc1nc(-c2cccc(NC(=O)C3CCCN(C(=O)c4ccc(Cl)cc4)C3)c2)oc1C. The number of nitrogens with one attached hydrogen (secondary N) is 1. The Kier molecular flexibility index (Phi) is 6.09. The Morgan fingerprint density at radius 3 is 2.65 bits per heavy atom. The third kappa shape index (κ3) is 4.80. The van der Waals surface area contributed by atoms with E-state index in [1.807, 2.05) is 38.1 Å².